The Morgan fingerprint density at radius 2 is 1.88 bits per heavy atom. The maximum absolute atomic E-state index is 13.0. The minimum Gasteiger partial charge on any atom is -0.352 e. The Kier molecular flexibility index (Phi) is 6.23. The van der Waals surface area contributed by atoms with E-state index >= 15 is 0 Å². The van der Waals surface area contributed by atoms with E-state index in [1.54, 1.807) is 0 Å². The average molecular weight is 387 g/mol. The average Bonchev–Trinajstić information content (AvgIpc) is 2.70. The Labute approximate surface area is 161 Å². The zero-order valence-corrected chi connectivity index (χ0v) is 16.7. The molecule has 8 heteroatoms. The zero-order valence-electron chi connectivity index (χ0n) is 15.9. The molecule has 2 heterocycles. The number of nitrogens with zero attached hydrogens (tertiary/aromatic N) is 1. The van der Waals surface area contributed by atoms with Crippen molar-refractivity contribution in [3.05, 3.63) is 0 Å². The Balaban J connectivity index is 0.00000243. The normalized spacial score (nSPS) is 31.5. The third-order valence-electron chi connectivity index (χ3n) is 5.63. The number of imide groups is 1. The van der Waals surface area contributed by atoms with E-state index in [1.165, 1.54) is 0 Å². The minimum absolute atomic E-state index is 0. The van der Waals surface area contributed by atoms with Gasteiger partial charge in [-0.15, -0.1) is 12.4 Å². The van der Waals surface area contributed by atoms with Crippen molar-refractivity contribution in [3.63, 3.8) is 0 Å². The molecule has 2 saturated heterocycles. The number of piperidine rings is 1. The van der Waals surface area contributed by atoms with Crippen LogP contribution in [0.3, 0.4) is 0 Å². The van der Waals surface area contributed by atoms with Crippen LogP contribution in [-0.2, 0) is 9.59 Å². The molecular weight excluding hydrogens is 356 g/mol. The summed E-state index contributed by atoms with van der Waals surface area (Å²) in [6.45, 7) is 7.96. The van der Waals surface area contributed by atoms with Crippen molar-refractivity contribution in [2.45, 2.75) is 64.5 Å². The molecule has 0 aromatic carbocycles. The van der Waals surface area contributed by atoms with Crippen LogP contribution in [0, 0.1) is 11.3 Å². The Hall–Kier alpha value is -1.34. The summed E-state index contributed by atoms with van der Waals surface area (Å²) in [6.07, 6.45) is 4.06. The van der Waals surface area contributed by atoms with Gasteiger partial charge in [-0.3, -0.25) is 14.5 Å². The maximum Gasteiger partial charge on any atom is 0.325 e. The van der Waals surface area contributed by atoms with Gasteiger partial charge in [-0.05, 0) is 56.5 Å². The molecule has 3 fully saturated rings. The number of urea groups is 1. The van der Waals surface area contributed by atoms with Crippen LogP contribution in [0.15, 0.2) is 0 Å². The Morgan fingerprint density at radius 1 is 1.23 bits per heavy atom. The lowest BCUT2D eigenvalue weighted by Gasteiger charge is -2.43. The molecule has 0 aromatic rings. The number of carbonyl (C=O) groups excluding carboxylic acids is 3. The van der Waals surface area contributed by atoms with E-state index in [0.29, 0.717) is 18.8 Å². The van der Waals surface area contributed by atoms with E-state index in [9.17, 15) is 14.4 Å². The first-order chi connectivity index (χ1) is 11.7. The molecule has 1 aliphatic carbocycles. The number of rotatable bonds is 3. The molecule has 3 aliphatic rings. The molecule has 3 N–H and O–H groups in total. The fourth-order valence-electron chi connectivity index (χ4n) is 5.03. The summed E-state index contributed by atoms with van der Waals surface area (Å²) < 4.78 is 0. The standard InChI is InChI=1S/C18H30N4O3.ClH/c1-12-8-17(2,3)11-18(9-12)15(24)22(16(25)21-18)10-14(23)20-13-4-6-19-7-5-13;/h12-13,19H,4-11H2,1-3H3,(H,20,23)(H,21,25);1H. The molecule has 3 rings (SSSR count). The van der Waals surface area contributed by atoms with Gasteiger partial charge in [0.15, 0.2) is 0 Å². The van der Waals surface area contributed by atoms with E-state index in [4.69, 9.17) is 0 Å². The van der Waals surface area contributed by atoms with Crippen LogP contribution in [0.1, 0.15) is 52.9 Å². The predicted molar refractivity (Wildman–Crippen MR) is 101 cm³/mol. The summed E-state index contributed by atoms with van der Waals surface area (Å²) in [4.78, 5) is 38.8. The van der Waals surface area contributed by atoms with Crippen molar-refractivity contribution < 1.29 is 14.4 Å². The monoisotopic (exact) mass is 386 g/mol. The van der Waals surface area contributed by atoms with Gasteiger partial charge in [0.1, 0.15) is 12.1 Å². The molecule has 1 spiro atoms. The van der Waals surface area contributed by atoms with Crippen molar-refractivity contribution in [3.8, 4) is 0 Å². The van der Waals surface area contributed by atoms with Gasteiger partial charge in [0.2, 0.25) is 5.91 Å². The molecule has 2 atom stereocenters. The van der Waals surface area contributed by atoms with Gasteiger partial charge in [0.05, 0.1) is 0 Å². The molecule has 1 saturated carbocycles. The van der Waals surface area contributed by atoms with Gasteiger partial charge < -0.3 is 16.0 Å². The van der Waals surface area contributed by atoms with Gasteiger partial charge in [-0.25, -0.2) is 4.79 Å². The molecule has 0 bridgehead atoms. The van der Waals surface area contributed by atoms with Gasteiger partial charge >= 0.3 is 6.03 Å². The summed E-state index contributed by atoms with van der Waals surface area (Å²) in [6, 6.07) is -0.313. The minimum atomic E-state index is -0.840. The Morgan fingerprint density at radius 3 is 2.50 bits per heavy atom. The summed E-state index contributed by atoms with van der Waals surface area (Å²) in [5.74, 6) is -0.135. The van der Waals surface area contributed by atoms with E-state index in [-0.39, 0.29) is 42.2 Å². The zero-order chi connectivity index (χ0) is 18.2. The third-order valence-corrected chi connectivity index (χ3v) is 5.63. The molecule has 0 aromatic heterocycles. The van der Waals surface area contributed by atoms with Crippen molar-refractivity contribution in [1.82, 2.24) is 20.9 Å². The lowest BCUT2D eigenvalue weighted by Crippen LogP contribution is -2.54. The van der Waals surface area contributed by atoms with Crippen LogP contribution in [0.25, 0.3) is 0 Å². The van der Waals surface area contributed by atoms with Gasteiger partial charge in [-0.1, -0.05) is 20.8 Å². The lowest BCUT2D eigenvalue weighted by atomic mass is 9.64. The van der Waals surface area contributed by atoms with E-state index < -0.39 is 11.6 Å². The second-order valence-electron chi connectivity index (χ2n) is 8.85. The number of halogens is 1. The smallest absolute Gasteiger partial charge is 0.325 e. The first-order valence-corrected chi connectivity index (χ1v) is 9.35. The highest BCUT2D eigenvalue weighted by Crippen LogP contribution is 2.46. The summed E-state index contributed by atoms with van der Waals surface area (Å²) in [5, 5.41) is 9.11. The topological polar surface area (TPSA) is 90.5 Å². The second-order valence-corrected chi connectivity index (χ2v) is 8.85. The van der Waals surface area contributed by atoms with Crippen LogP contribution < -0.4 is 16.0 Å². The quantitative estimate of drug-likeness (QED) is 0.640. The number of carbonyl (C=O) groups is 3. The maximum atomic E-state index is 13.0. The molecular formula is C18H31ClN4O3. The molecule has 26 heavy (non-hydrogen) atoms. The fraction of sp³-hybridized carbons (Fsp3) is 0.833. The van der Waals surface area contributed by atoms with Gasteiger partial charge in [0, 0.05) is 6.04 Å². The van der Waals surface area contributed by atoms with Gasteiger partial charge in [0.25, 0.3) is 5.91 Å². The molecule has 7 nitrogen and oxygen atoms in total. The van der Waals surface area contributed by atoms with Crippen molar-refractivity contribution in [1.29, 1.82) is 0 Å². The van der Waals surface area contributed by atoms with Crippen molar-refractivity contribution in [2.24, 2.45) is 11.3 Å². The largest absolute Gasteiger partial charge is 0.352 e. The summed E-state index contributed by atoms with van der Waals surface area (Å²) >= 11 is 0. The van der Waals surface area contributed by atoms with Crippen LogP contribution in [0.5, 0.6) is 0 Å². The van der Waals surface area contributed by atoms with E-state index in [1.807, 2.05) is 0 Å². The van der Waals surface area contributed by atoms with Crippen LogP contribution in [0.4, 0.5) is 4.79 Å². The number of nitrogens with one attached hydrogen (secondary N) is 3. The molecule has 0 radical (unpaired) electrons. The number of hydrogen-bond acceptors (Lipinski definition) is 4. The highest BCUT2D eigenvalue weighted by Gasteiger charge is 2.56. The highest BCUT2D eigenvalue weighted by molar-refractivity contribution is 6.09. The SMILES string of the molecule is CC1CC(C)(C)CC2(C1)NC(=O)N(CC(=O)NC1CCNCC1)C2=O.Cl. The molecule has 2 unspecified atom stereocenters. The molecule has 4 amide bonds. The Bertz CT molecular complexity index is 577. The number of amides is 4. The first-order valence-electron chi connectivity index (χ1n) is 9.35. The molecule has 148 valence electrons. The van der Waals surface area contributed by atoms with Crippen molar-refractivity contribution >= 4 is 30.3 Å². The van der Waals surface area contributed by atoms with Gasteiger partial charge in [-0.2, -0.15) is 0 Å². The summed E-state index contributed by atoms with van der Waals surface area (Å²) in [5.41, 5.74) is -0.846. The summed E-state index contributed by atoms with van der Waals surface area (Å²) in [7, 11) is 0. The van der Waals surface area contributed by atoms with Crippen molar-refractivity contribution in [2.75, 3.05) is 19.6 Å². The number of hydrogen-bond donors (Lipinski definition) is 3. The molecule has 2 aliphatic heterocycles. The van der Waals surface area contributed by atoms with Crippen LogP contribution >= 0.6 is 12.4 Å². The van der Waals surface area contributed by atoms with E-state index in [2.05, 4.69) is 36.7 Å². The second kappa shape index (κ2) is 7.72. The van der Waals surface area contributed by atoms with Crippen LogP contribution in [-0.4, -0.2) is 54.0 Å². The van der Waals surface area contributed by atoms with E-state index in [0.717, 1.165) is 37.3 Å². The first kappa shape index (κ1) is 21.0. The fourth-order valence-corrected chi connectivity index (χ4v) is 5.03. The highest BCUT2D eigenvalue weighted by atomic mass is 35.5. The van der Waals surface area contributed by atoms with Crippen LogP contribution in [0.2, 0.25) is 0 Å². The third kappa shape index (κ3) is 4.31. The lowest BCUT2D eigenvalue weighted by molar-refractivity contribution is -0.137. The predicted octanol–water partition coefficient (Wildman–Crippen LogP) is 1.41.